The number of pyridine rings is 1. The summed E-state index contributed by atoms with van der Waals surface area (Å²) >= 11 is 0. The molecule has 2 atom stereocenters. The number of para-hydroxylation sites is 1. The van der Waals surface area contributed by atoms with Crippen molar-refractivity contribution in [3.05, 3.63) is 65.2 Å². The molecule has 0 amide bonds. The van der Waals surface area contributed by atoms with Crippen LogP contribution in [0, 0.1) is 17.2 Å². The van der Waals surface area contributed by atoms with E-state index in [2.05, 4.69) is 6.92 Å². The van der Waals surface area contributed by atoms with Crippen LogP contribution in [0.4, 0.5) is 0 Å². The lowest BCUT2D eigenvalue weighted by Crippen LogP contribution is -2.21. The minimum Gasteiger partial charge on any atom is -0.465 e. The van der Waals surface area contributed by atoms with Crippen molar-refractivity contribution in [2.24, 2.45) is 5.92 Å². The van der Waals surface area contributed by atoms with Gasteiger partial charge in [-0.15, -0.1) is 0 Å². The van der Waals surface area contributed by atoms with Crippen molar-refractivity contribution in [2.45, 2.75) is 32.8 Å². The zero-order chi connectivity index (χ0) is 19.7. The van der Waals surface area contributed by atoms with Gasteiger partial charge >= 0.3 is 5.97 Å². The summed E-state index contributed by atoms with van der Waals surface area (Å²) in [5, 5.41) is 9.80. The number of benzene rings is 1. The molecule has 3 aromatic rings. The van der Waals surface area contributed by atoms with Crippen molar-refractivity contribution in [2.75, 3.05) is 0 Å². The van der Waals surface area contributed by atoms with Crippen LogP contribution in [0.15, 0.2) is 47.1 Å². The first-order valence-corrected chi connectivity index (χ1v) is 9.33. The molecule has 1 aliphatic carbocycles. The molecule has 0 saturated heterocycles. The van der Waals surface area contributed by atoms with Crippen molar-refractivity contribution in [3.63, 3.8) is 0 Å². The summed E-state index contributed by atoms with van der Waals surface area (Å²) in [6, 6.07) is 13.3. The van der Waals surface area contributed by atoms with Crippen LogP contribution in [0.1, 0.15) is 47.6 Å². The molecule has 5 nitrogen and oxygen atoms in total. The molecule has 0 spiro atoms. The Morgan fingerprint density at radius 3 is 2.89 bits per heavy atom. The smallest absolute Gasteiger partial charge is 0.340 e. The summed E-state index contributed by atoms with van der Waals surface area (Å²) < 4.78 is 10.9. The SMILES string of the molecule is C[C@H]1C/C(=C/c2ccco2)c2nc3ccccc3c(C(=O)O[C@@H](C)C#N)c2C1. The Hall–Kier alpha value is -3.39. The van der Waals surface area contributed by atoms with Crippen molar-refractivity contribution >= 4 is 28.5 Å². The van der Waals surface area contributed by atoms with Crippen LogP contribution in [0.3, 0.4) is 0 Å². The van der Waals surface area contributed by atoms with E-state index in [4.69, 9.17) is 19.4 Å². The summed E-state index contributed by atoms with van der Waals surface area (Å²) in [5.41, 5.74) is 3.98. The number of rotatable bonds is 3. The van der Waals surface area contributed by atoms with Crippen LogP contribution in [-0.4, -0.2) is 17.1 Å². The molecule has 0 radical (unpaired) electrons. The molecule has 0 saturated carbocycles. The van der Waals surface area contributed by atoms with Gasteiger partial charge in [0.05, 0.1) is 23.0 Å². The number of carbonyl (C=O) groups excluding carboxylic acids is 1. The number of aromatic nitrogens is 1. The number of hydrogen-bond acceptors (Lipinski definition) is 5. The molecule has 28 heavy (non-hydrogen) atoms. The van der Waals surface area contributed by atoms with Crippen LogP contribution in [0.25, 0.3) is 22.6 Å². The number of ether oxygens (including phenoxy) is 1. The maximum atomic E-state index is 13.0. The highest BCUT2D eigenvalue weighted by Gasteiger charge is 2.29. The molecule has 1 aromatic carbocycles. The molecule has 2 heterocycles. The number of furan rings is 1. The molecule has 0 unspecified atom stereocenters. The average molecular weight is 372 g/mol. The largest absolute Gasteiger partial charge is 0.465 e. The molecule has 0 N–H and O–H groups in total. The second-order valence-electron chi connectivity index (χ2n) is 7.21. The van der Waals surface area contributed by atoms with Crippen LogP contribution in [0.2, 0.25) is 0 Å². The van der Waals surface area contributed by atoms with Crippen molar-refractivity contribution in [3.8, 4) is 6.07 Å². The van der Waals surface area contributed by atoms with E-state index in [-0.39, 0.29) is 0 Å². The predicted octanol–water partition coefficient (Wildman–Crippen LogP) is 5.02. The van der Waals surface area contributed by atoms with Gasteiger partial charge in [0.15, 0.2) is 6.10 Å². The Morgan fingerprint density at radius 1 is 1.32 bits per heavy atom. The standard InChI is InChI=1S/C23H20N2O3/c1-14-10-16(12-17-6-5-9-27-17)22-19(11-14)21(23(26)28-15(2)13-24)18-7-3-4-8-20(18)25-22/h3-9,12,14-15H,10-11H2,1-2H3/b16-12-/t14-,15-/m0/s1. The van der Waals surface area contributed by atoms with Crippen molar-refractivity contribution in [1.82, 2.24) is 4.98 Å². The molecule has 0 bridgehead atoms. The second kappa shape index (κ2) is 7.32. The topological polar surface area (TPSA) is 76.1 Å². The minimum absolute atomic E-state index is 0.344. The molecule has 2 aromatic heterocycles. The van der Waals surface area contributed by atoms with Crippen molar-refractivity contribution in [1.29, 1.82) is 5.26 Å². The van der Waals surface area contributed by atoms with Crippen LogP contribution >= 0.6 is 0 Å². The first kappa shape index (κ1) is 18.0. The average Bonchev–Trinajstić information content (AvgIpc) is 3.19. The molecule has 140 valence electrons. The van der Waals surface area contributed by atoms with Gasteiger partial charge in [-0.1, -0.05) is 25.1 Å². The van der Waals surface area contributed by atoms with E-state index in [1.165, 1.54) is 0 Å². The third kappa shape index (κ3) is 3.29. The quantitative estimate of drug-likeness (QED) is 0.603. The fraction of sp³-hybridized carbons (Fsp3) is 0.261. The fourth-order valence-corrected chi connectivity index (χ4v) is 3.76. The Balaban J connectivity index is 1.95. The maximum Gasteiger partial charge on any atom is 0.340 e. The monoisotopic (exact) mass is 372 g/mol. The normalized spacial score (nSPS) is 18.5. The Kier molecular flexibility index (Phi) is 4.70. The van der Waals surface area contributed by atoms with Gasteiger partial charge in [0.2, 0.25) is 0 Å². The van der Waals surface area contributed by atoms with Gasteiger partial charge in [0.25, 0.3) is 0 Å². The molecule has 0 fully saturated rings. The van der Waals surface area contributed by atoms with Gasteiger partial charge in [-0.05, 0) is 61.1 Å². The van der Waals surface area contributed by atoms with Crippen LogP contribution in [0.5, 0.6) is 0 Å². The number of esters is 1. The number of allylic oxidation sites excluding steroid dienone is 1. The van der Waals surface area contributed by atoms with E-state index in [1.807, 2.05) is 48.5 Å². The number of carbonyl (C=O) groups is 1. The van der Waals surface area contributed by atoms with Gasteiger partial charge in [0.1, 0.15) is 11.8 Å². The van der Waals surface area contributed by atoms with Crippen molar-refractivity contribution < 1.29 is 13.9 Å². The predicted molar refractivity (Wildman–Crippen MR) is 106 cm³/mol. The van der Waals surface area contributed by atoms with Gasteiger partial charge < -0.3 is 9.15 Å². The van der Waals surface area contributed by atoms with Gasteiger partial charge in [-0.3, -0.25) is 0 Å². The van der Waals surface area contributed by atoms with Crippen LogP contribution in [-0.2, 0) is 11.2 Å². The Morgan fingerprint density at radius 2 is 2.14 bits per heavy atom. The summed E-state index contributed by atoms with van der Waals surface area (Å²) in [5.74, 6) is 0.624. The van der Waals surface area contributed by atoms with E-state index in [0.29, 0.717) is 11.5 Å². The molecule has 4 rings (SSSR count). The molecular formula is C23H20N2O3. The summed E-state index contributed by atoms with van der Waals surface area (Å²) in [4.78, 5) is 17.9. The molecular weight excluding hydrogens is 352 g/mol. The summed E-state index contributed by atoms with van der Waals surface area (Å²) in [7, 11) is 0. The summed E-state index contributed by atoms with van der Waals surface area (Å²) in [6.45, 7) is 3.72. The van der Waals surface area contributed by atoms with E-state index < -0.39 is 12.1 Å². The first-order valence-electron chi connectivity index (χ1n) is 9.33. The van der Waals surface area contributed by atoms with E-state index in [0.717, 1.165) is 46.3 Å². The van der Waals surface area contributed by atoms with E-state index >= 15 is 0 Å². The third-order valence-electron chi connectivity index (χ3n) is 4.95. The minimum atomic E-state index is -0.811. The number of hydrogen-bond donors (Lipinski definition) is 0. The Labute approximate surface area is 163 Å². The highest BCUT2D eigenvalue weighted by Crippen LogP contribution is 2.38. The lowest BCUT2D eigenvalue weighted by molar-refractivity contribution is 0.0436. The molecule has 0 aliphatic heterocycles. The third-order valence-corrected chi connectivity index (χ3v) is 4.95. The van der Waals surface area contributed by atoms with Gasteiger partial charge in [0, 0.05) is 5.39 Å². The van der Waals surface area contributed by atoms with Gasteiger partial charge in [-0.25, -0.2) is 9.78 Å². The molecule has 1 aliphatic rings. The van der Waals surface area contributed by atoms with E-state index in [9.17, 15) is 4.79 Å². The summed E-state index contributed by atoms with van der Waals surface area (Å²) in [6.07, 6.45) is 4.40. The number of nitriles is 1. The second-order valence-corrected chi connectivity index (χ2v) is 7.21. The molecule has 5 heteroatoms. The van der Waals surface area contributed by atoms with Gasteiger partial charge in [-0.2, -0.15) is 5.26 Å². The maximum absolute atomic E-state index is 13.0. The highest BCUT2D eigenvalue weighted by molar-refractivity contribution is 6.06. The zero-order valence-electron chi connectivity index (χ0n) is 15.8. The van der Waals surface area contributed by atoms with E-state index in [1.54, 1.807) is 13.2 Å². The number of fused-ring (bicyclic) bond motifs is 2. The highest BCUT2D eigenvalue weighted by atomic mass is 16.5. The Bertz CT molecular complexity index is 1110. The zero-order valence-corrected chi connectivity index (χ0v) is 15.8. The lowest BCUT2D eigenvalue weighted by Gasteiger charge is -2.26. The van der Waals surface area contributed by atoms with Crippen LogP contribution < -0.4 is 0 Å². The number of nitrogens with zero attached hydrogens (tertiary/aromatic N) is 2. The lowest BCUT2D eigenvalue weighted by atomic mass is 9.81. The first-order chi connectivity index (χ1) is 13.6. The fourth-order valence-electron chi connectivity index (χ4n) is 3.76.